The Hall–Kier alpha value is -3.85. The molecule has 9 heteroatoms. The van der Waals surface area contributed by atoms with Crippen LogP contribution in [0.25, 0.3) is 17.1 Å². The number of methoxy groups -OCH3 is 1. The van der Waals surface area contributed by atoms with E-state index in [2.05, 4.69) is 20.5 Å². The van der Waals surface area contributed by atoms with Gasteiger partial charge in [-0.2, -0.15) is 0 Å². The van der Waals surface area contributed by atoms with E-state index in [4.69, 9.17) is 9.47 Å². The van der Waals surface area contributed by atoms with Crippen LogP contribution in [0.3, 0.4) is 0 Å². The maximum atomic E-state index is 12.6. The maximum Gasteiger partial charge on any atom is 0.234 e. The van der Waals surface area contributed by atoms with Crippen molar-refractivity contribution in [2.75, 3.05) is 24.8 Å². The highest BCUT2D eigenvalue weighted by Gasteiger charge is 2.17. The monoisotopic (exact) mass is 461 g/mol. The molecule has 4 rings (SSSR count). The smallest absolute Gasteiger partial charge is 0.234 e. The second kappa shape index (κ2) is 10.6. The van der Waals surface area contributed by atoms with Crippen LogP contribution in [-0.2, 0) is 4.79 Å². The maximum absolute atomic E-state index is 12.6. The molecule has 4 aromatic rings. The zero-order valence-corrected chi connectivity index (χ0v) is 19.1. The number of aromatic nitrogens is 4. The number of nitrogens with zero attached hydrogens (tertiary/aromatic N) is 4. The molecule has 8 nitrogen and oxygen atoms in total. The first-order valence-electron chi connectivity index (χ1n) is 10.3. The van der Waals surface area contributed by atoms with Gasteiger partial charge in [0.15, 0.2) is 11.0 Å². The number of benzene rings is 2. The lowest BCUT2D eigenvalue weighted by atomic mass is 10.2. The molecule has 0 saturated carbocycles. The van der Waals surface area contributed by atoms with E-state index < -0.39 is 0 Å². The summed E-state index contributed by atoms with van der Waals surface area (Å²) in [5.41, 5.74) is 2.39. The molecule has 0 radical (unpaired) electrons. The molecule has 2 aromatic carbocycles. The molecule has 33 heavy (non-hydrogen) atoms. The predicted molar refractivity (Wildman–Crippen MR) is 128 cm³/mol. The second-order valence-electron chi connectivity index (χ2n) is 6.88. The summed E-state index contributed by atoms with van der Waals surface area (Å²) in [4.78, 5) is 16.7. The van der Waals surface area contributed by atoms with Crippen LogP contribution < -0.4 is 14.8 Å². The number of carbonyl (C=O) groups is 1. The molecule has 1 N–H and O–H groups in total. The Balaban J connectivity index is 1.53. The van der Waals surface area contributed by atoms with Crippen LogP contribution in [-0.4, -0.2) is 45.1 Å². The van der Waals surface area contributed by atoms with Crippen LogP contribution in [0.4, 0.5) is 5.69 Å². The summed E-state index contributed by atoms with van der Waals surface area (Å²) in [5.74, 6) is 2.19. The van der Waals surface area contributed by atoms with Gasteiger partial charge in [-0.1, -0.05) is 11.8 Å². The molecule has 0 saturated heterocycles. The summed E-state index contributed by atoms with van der Waals surface area (Å²) >= 11 is 1.31. The summed E-state index contributed by atoms with van der Waals surface area (Å²) in [5, 5.41) is 12.2. The number of amides is 1. The van der Waals surface area contributed by atoms with E-state index >= 15 is 0 Å². The molecule has 0 bridgehead atoms. The summed E-state index contributed by atoms with van der Waals surface area (Å²) in [6.45, 7) is 2.52. The first-order valence-corrected chi connectivity index (χ1v) is 11.3. The van der Waals surface area contributed by atoms with Crippen molar-refractivity contribution in [2.45, 2.75) is 12.1 Å². The number of carbonyl (C=O) groups excluding carboxylic acids is 1. The van der Waals surface area contributed by atoms with Crippen LogP contribution in [0.5, 0.6) is 11.5 Å². The van der Waals surface area contributed by atoms with Crippen molar-refractivity contribution in [3.63, 3.8) is 0 Å². The first-order chi connectivity index (χ1) is 16.2. The van der Waals surface area contributed by atoms with E-state index in [1.54, 1.807) is 19.5 Å². The fraction of sp³-hybridized carbons (Fsp3) is 0.167. The van der Waals surface area contributed by atoms with E-state index in [1.165, 1.54) is 11.8 Å². The third-order valence-corrected chi connectivity index (χ3v) is 5.59. The van der Waals surface area contributed by atoms with Crippen molar-refractivity contribution in [3.8, 4) is 28.6 Å². The number of anilines is 1. The lowest BCUT2D eigenvalue weighted by Crippen LogP contribution is -2.14. The minimum absolute atomic E-state index is 0.142. The fourth-order valence-electron chi connectivity index (χ4n) is 3.14. The van der Waals surface area contributed by atoms with E-state index in [0.29, 0.717) is 23.3 Å². The summed E-state index contributed by atoms with van der Waals surface area (Å²) in [6, 6.07) is 18.6. The number of rotatable bonds is 9. The fourth-order valence-corrected chi connectivity index (χ4v) is 3.89. The molecule has 0 atom stereocenters. The second-order valence-corrected chi connectivity index (χ2v) is 7.82. The van der Waals surface area contributed by atoms with Gasteiger partial charge in [-0.05, 0) is 67.6 Å². The average Bonchev–Trinajstić information content (AvgIpc) is 3.29. The quantitative estimate of drug-likeness (QED) is 0.368. The summed E-state index contributed by atoms with van der Waals surface area (Å²) in [6.07, 6.45) is 3.44. The SMILES string of the molecule is CCOc1ccc(NC(=O)CSc2nnc(-c3cccnc3)n2-c2ccc(OC)cc2)cc1. The average molecular weight is 462 g/mol. The van der Waals surface area contributed by atoms with Crippen molar-refractivity contribution in [2.24, 2.45) is 0 Å². The van der Waals surface area contributed by atoms with Crippen LogP contribution in [0, 0.1) is 0 Å². The lowest BCUT2D eigenvalue weighted by molar-refractivity contribution is -0.113. The van der Waals surface area contributed by atoms with Gasteiger partial charge < -0.3 is 14.8 Å². The van der Waals surface area contributed by atoms with Crippen molar-refractivity contribution < 1.29 is 14.3 Å². The highest BCUT2D eigenvalue weighted by Crippen LogP contribution is 2.28. The van der Waals surface area contributed by atoms with Gasteiger partial charge in [0.25, 0.3) is 0 Å². The highest BCUT2D eigenvalue weighted by atomic mass is 32.2. The number of hydrogen-bond donors (Lipinski definition) is 1. The number of hydrogen-bond acceptors (Lipinski definition) is 7. The van der Waals surface area contributed by atoms with E-state index in [-0.39, 0.29) is 11.7 Å². The van der Waals surface area contributed by atoms with E-state index in [1.807, 2.05) is 72.2 Å². The van der Waals surface area contributed by atoms with Crippen molar-refractivity contribution in [1.29, 1.82) is 0 Å². The number of nitrogens with one attached hydrogen (secondary N) is 1. The topological polar surface area (TPSA) is 91.2 Å². The van der Waals surface area contributed by atoms with E-state index in [9.17, 15) is 4.79 Å². The highest BCUT2D eigenvalue weighted by molar-refractivity contribution is 7.99. The molecule has 0 fully saturated rings. The number of ether oxygens (including phenoxy) is 2. The molecule has 168 valence electrons. The van der Waals surface area contributed by atoms with Gasteiger partial charge in [0.05, 0.1) is 19.5 Å². The predicted octanol–water partition coefficient (Wildman–Crippen LogP) is 4.47. The zero-order chi connectivity index (χ0) is 23.0. The van der Waals surface area contributed by atoms with E-state index in [0.717, 1.165) is 22.7 Å². The first kappa shape index (κ1) is 22.3. The molecule has 0 aliphatic heterocycles. The van der Waals surface area contributed by atoms with Gasteiger partial charge in [-0.25, -0.2) is 0 Å². The van der Waals surface area contributed by atoms with Crippen molar-refractivity contribution >= 4 is 23.4 Å². The molecule has 2 aromatic heterocycles. The van der Waals surface area contributed by atoms with Crippen molar-refractivity contribution in [1.82, 2.24) is 19.7 Å². The molecule has 0 aliphatic rings. The Morgan fingerprint density at radius 3 is 2.45 bits per heavy atom. The Labute approximate surface area is 196 Å². The van der Waals surface area contributed by atoms with Gasteiger partial charge in [0, 0.05) is 29.3 Å². The van der Waals surface area contributed by atoms with Crippen LogP contribution in [0.15, 0.2) is 78.2 Å². The Morgan fingerprint density at radius 1 is 1.03 bits per heavy atom. The third-order valence-electron chi connectivity index (χ3n) is 4.67. The molecule has 0 aliphatic carbocycles. The Morgan fingerprint density at radius 2 is 1.79 bits per heavy atom. The Kier molecular flexibility index (Phi) is 7.21. The molecule has 1 amide bonds. The molecule has 0 unspecified atom stereocenters. The molecule has 2 heterocycles. The Bertz CT molecular complexity index is 1200. The largest absolute Gasteiger partial charge is 0.497 e. The minimum atomic E-state index is -0.142. The van der Waals surface area contributed by atoms with Gasteiger partial charge in [-0.3, -0.25) is 14.3 Å². The van der Waals surface area contributed by atoms with Crippen LogP contribution >= 0.6 is 11.8 Å². The van der Waals surface area contributed by atoms with Gasteiger partial charge in [0.2, 0.25) is 5.91 Å². The normalized spacial score (nSPS) is 10.6. The van der Waals surface area contributed by atoms with Crippen LogP contribution in [0.2, 0.25) is 0 Å². The van der Waals surface area contributed by atoms with Gasteiger partial charge in [-0.15, -0.1) is 10.2 Å². The number of thioether (sulfide) groups is 1. The van der Waals surface area contributed by atoms with Crippen LogP contribution in [0.1, 0.15) is 6.92 Å². The summed E-state index contributed by atoms with van der Waals surface area (Å²) < 4.78 is 12.6. The minimum Gasteiger partial charge on any atom is -0.497 e. The molecular weight excluding hydrogens is 438 g/mol. The number of pyridine rings is 1. The third kappa shape index (κ3) is 5.50. The van der Waals surface area contributed by atoms with Crippen molar-refractivity contribution in [3.05, 3.63) is 73.1 Å². The lowest BCUT2D eigenvalue weighted by Gasteiger charge is -2.11. The van der Waals surface area contributed by atoms with Gasteiger partial charge >= 0.3 is 0 Å². The molecule has 0 spiro atoms. The summed E-state index contributed by atoms with van der Waals surface area (Å²) in [7, 11) is 1.62. The standard InChI is InChI=1S/C24H23N5O3S/c1-3-32-21-10-6-18(7-11-21)26-22(30)16-33-24-28-27-23(17-5-4-14-25-15-17)29(24)19-8-12-20(31-2)13-9-19/h4-15H,3,16H2,1-2H3,(H,26,30). The van der Waals surface area contributed by atoms with Gasteiger partial charge in [0.1, 0.15) is 11.5 Å². The zero-order valence-electron chi connectivity index (χ0n) is 18.3. The molecular formula is C24H23N5O3S.